The average molecular weight is 376 g/mol. The highest BCUT2D eigenvalue weighted by atomic mass is 16.5. The van der Waals surface area contributed by atoms with E-state index in [1.807, 2.05) is 30.3 Å². The first-order chi connectivity index (χ1) is 13.2. The molecular weight excluding hydrogens is 342 g/mol. The number of amides is 1. The van der Waals surface area contributed by atoms with Gasteiger partial charge < -0.3 is 20.7 Å². The van der Waals surface area contributed by atoms with Crippen LogP contribution >= 0.6 is 0 Å². The van der Waals surface area contributed by atoms with Crippen LogP contribution in [0, 0.1) is 0 Å². The molecular formula is C20H33N5O2. The van der Waals surface area contributed by atoms with Crippen molar-refractivity contribution in [1.82, 2.24) is 20.9 Å². The molecule has 1 unspecified atom stereocenters. The lowest BCUT2D eigenvalue weighted by molar-refractivity contribution is 0.0220. The van der Waals surface area contributed by atoms with E-state index in [0.717, 1.165) is 58.3 Å². The maximum absolute atomic E-state index is 12.0. The number of benzene rings is 1. The summed E-state index contributed by atoms with van der Waals surface area (Å²) in [5.41, 5.74) is 0.692. The van der Waals surface area contributed by atoms with Crippen molar-refractivity contribution in [3.8, 4) is 0 Å². The second kappa shape index (κ2) is 12.3. The van der Waals surface area contributed by atoms with Gasteiger partial charge in [0.1, 0.15) is 0 Å². The van der Waals surface area contributed by atoms with Gasteiger partial charge >= 0.3 is 0 Å². The Morgan fingerprint density at radius 2 is 1.85 bits per heavy atom. The van der Waals surface area contributed by atoms with Gasteiger partial charge in [0.25, 0.3) is 5.91 Å². The first-order valence-electron chi connectivity index (χ1n) is 9.88. The molecule has 0 aromatic heterocycles. The van der Waals surface area contributed by atoms with Crippen LogP contribution in [-0.2, 0) is 4.74 Å². The Morgan fingerprint density at radius 1 is 1.15 bits per heavy atom. The number of ether oxygens (including phenoxy) is 1. The minimum Gasteiger partial charge on any atom is -0.379 e. The second-order valence-corrected chi connectivity index (χ2v) is 6.62. The summed E-state index contributed by atoms with van der Waals surface area (Å²) in [5.74, 6) is 0.794. The van der Waals surface area contributed by atoms with Gasteiger partial charge in [0, 0.05) is 44.3 Å². The maximum Gasteiger partial charge on any atom is 0.251 e. The van der Waals surface area contributed by atoms with E-state index in [4.69, 9.17) is 9.73 Å². The van der Waals surface area contributed by atoms with Gasteiger partial charge in [-0.25, -0.2) is 0 Å². The zero-order valence-electron chi connectivity index (χ0n) is 16.5. The van der Waals surface area contributed by atoms with Crippen molar-refractivity contribution >= 4 is 11.9 Å². The van der Waals surface area contributed by atoms with Crippen LogP contribution in [0.1, 0.15) is 30.6 Å². The van der Waals surface area contributed by atoms with Crippen LogP contribution in [0.15, 0.2) is 35.3 Å². The molecule has 1 saturated heterocycles. The molecule has 1 atom stereocenters. The quantitative estimate of drug-likeness (QED) is 0.342. The van der Waals surface area contributed by atoms with Gasteiger partial charge in [-0.1, -0.05) is 18.2 Å². The molecule has 7 nitrogen and oxygen atoms in total. The van der Waals surface area contributed by atoms with E-state index in [2.05, 4.69) is 34.7 Å². The van der Waals surface area contributed by atoms with Crippen molar-refractivity contribution in [2.75, 3.05) is 52.5 Å². The Balaban J connectivity index is 1.66. The number of rotatable bonds is 9. The molecule has 1 aliphatic heterocycles. The van der Waals surface area contributed by atoms with Crippen molar-refractivity contribution in [3.63, 3.8) is 0 Å². The van der Waals surface area contributed by atoms with Crippen LogP contribution in [0.2, 0.25) is 0 Å². The van der Waals surface area contributed by atoms with Crippen LogP contribution in [0.5, 0.6) is 0 Å². The molecule has 1 amide bonds. The molecule has 150 valence electrons. The van der Waals surface area contributed by atoms with E-state index in [1.165, 1.54) is 0 Å². The zero-order chi connectivity index (χ0) is 19.3. The number of carbonyl (C=O) groups excluding carboxylic acids is 1. The van der Waals surface area contributed by atoms with Gasteiger partial charge in [0.2, 0.25) is 0 Å². The third-order valence-electron chi connectivity index (χ3n) is 4.49. The Kier molecular flexibility index (Phi) is 9.65. The number of morpholine rings is 1. The topological polar surface area (TPSA) is 78.0 Å². The third-order valence-corrected chi connectivity index (χ3v) is 4.49. The van der Waals surface area contributed by atoms with E-state index in [9.17, 15) is 4.79 Å². The maximum atomic E-state index is 12.0. The highest BCUT2D eigenvalue weighted by molar-refractivity contribution is 5.94. The average Bonchev–Trinajstić information content (AvgIpc) is 2.72. The lowest BCUT2D eigenvalue weighted by Crippen LogP contribution is -2.44. The lowest BCUT2D eigenvalue weighted by atomic mass is 10.2. The zero-order valence-corrected chi connectivity index (χ0v) is 16.5. The molecule has 0 aliphatic carbocycles. The molecule has 3 N–H and O–H groups in total. The molecule has 2 rings (SSSR count). The minimum atomic E-state index is -0.0319. The predicted octanol–water partition coefficient (Wildman–Crippen LogP) is 1.08. The van der Waals surface area contributed by atoms with Crippen molar-refractivity contribution in [2.45, 2.75) is 26.3 Å². The third kappa shape index (κ3) is 7.97. The van der Waals surface area contributed by atoms with Gasteiger partial charge in [0.05, 0.1) is 19.8 Å². The number of aliphatic imine (C=N–C) groups is 1. The Hall–Kier alpha value is -2.12. The summed E-state index contributed by atoms with van der Waals surface area (Å²) < 4.78 is 5.40. The SMILES string of the molecule is CCNC(=NCC(C)N1CCOCC1)NCCCNC(=O)c1ccccc1. The molecule has 1 fully saturated rings. The van der Waals surface area contributed by atoms with Gasteiger partial charge in [-0.3, -0.25) is 14.7 Å². The molecule has 0 radical (unpaired) electrons. The Labute approximate surface area is 162 Å². The minimum absolute atomic E-state index is 0.0319. The lowest BCUT2D eigenvalue weighted by Gasteiger charge is -2.31. The van der Waals surface area contributed by atoms with Crippen LogP contribution < -0.4 is 16.0 Å². The van der Waals surface area contributed by atoms with Crippen LogP contribution in [0.4, 0.5) is 0 Å². The molecule has 1 aliphatic rings. The van der Waals surface area contributed by atoms with Gasteiger partial charge in [-0.2, -0.15) is 0 Å². The van der Waals surface area contributed by atoms with Gasteiger partial charge in [0.15, 0.2) is 5.96 Å². The molecule has 27 heavy (non-hydrogen) atoms. The number of carbonyl (C=O) groups is 1. The largest absolute Gasteiger partial charge is 0.379 e. The summed E-state index contributed by atoms with van der Waals surface area (Å²) in [7, 11) is 0. The summed E-state index contributed by atoms with van der Waals surface area (Å²) >= 11 is 0. The smallest absolute Gasteiger partial charge is 0.251 e. The number of hydrogen-bond acceptors (Lipinski definition) is 4. The van der Waals surface area contributed by atoms with Crippen molar-refractivity contribution in [1.29, 1.82) is 0 Å². The second-order valence-electron chi connectivity index (χ2n) is 6.62. The first kappa shape index (κ1) is 21.2. The van der Waals surface area contributed by atoms with Gasteiger partial charge in [-0.05, 0) is 32.4 Å². The van der Waals surface area contributed by atoms with E-state index in [1.54, 1.807) is 0 Å². The summed E-state index contributed by atoms with van der Waals surface area (Å²) in [4.78, 5) is 19.1. The van der Waals surface area contributed by atoms with E-state index < -0.39 is 0 Å². The molecule has 0 spiro atoms. The highest BCUT2D eigenvalue weighted by Crippen LogP contribution is 2.03. The van der Waals surface area contributed by atoms with Crippen molar-refractivity contribution in [3.05, 3.63) is 35.9 Å². The van der Waals surface area contributed by atoms with Crippen LogP contribution in [0.25, 0.3) is 0 Å². The molecule has 0 saturated carbocycles. The molecule has 7 heteroatoms. The first-order valence-corrected chi connectivity index (χ1v) is 9.88. The van der Waals surface area contributed by atoms with E-state index in [0.29, 0.717) is 18.2 Å². The summed E-state index contributed by atoms with van der Waals surface area (Å²) in [5, 5.41) is 9.55. The number of nitrogens with zero attached hydrogens (tertiary/aromatic N) is 2. The standard InChI is InChI=1S/C20H33N5O2/c1-3-21-20(24-16-17(2)25-12-14-27-15-13-25)23-11-7-10-22-19(26)18-8-5-4-6-9-18/h4-6,8-9,17H,3,7,10-16H2,1-2H3,(H,22,26)(H2,21,23,24). The fraction of sp³-hybridized carbons (Fsp3) is 0.600. The molecule has 1 heterocycles. The Morgan fingerprint density at radius 3 is 2.56 bits per heavy atom. The van der Waals surface area contributed by atoms with E-state index in [-0.39, 0.29) is 5.91 Å². The molecule has 1 aromatic rings. The molecule has 1 aromatic carbocycles. The number of guanidine groups is 1. The summed E-state index contributed by atoms with van der Waals surface area (Å²) in [6, 6.07) is 9.68. The fourth-order valence-corrected chi connectivity index (χ4v) is 2.89. The summed E-state index contributed by atoms with van der Waals surface area (Å²) in [6.07, 6.45) is 0.835. The number of hydrogen-bond donors (Lipinski definition) is 3. The number of nitrogens with one attached hydrogen (secondary N) is 3. The Bertz CT molecular complexity index is 573. The normalized spacial score (nSPS) is 16.6. The van der Waals surface area contributed by atoms with Gasteiger partial charge in [-0.15, -0.1) is 0 Å². The van der Waals surface area contributed by atoms with Crippen molar-refractivity contribution < 1.29 is 9.53 Å². The molecule has 0 bridgehead atoms. The highest BCUT2D eigenvalue weighted by Gasteiger charge is 2.16. The summed E-state index contributed by atoms with van der Waals surface area (Å²) in [6.45, 7) is 10.8. The monoisotopic (exact) mass is 375 g/mol. The van der Waals surface area contributed by atoms with Crippen LogP contribution in [-0.4, -0.2) is 75.3 Å². The van der Waals surface area contributed by atoms with E-state index >= 15 is 0 Å². The fourth-order valence-electron chi connectivity index (χ4n) is 2.89. The predicted molar refractivity (Wildman–Crippen MR) is 109 cm³/mol. The van der Waals surface area contributed by atoms with Crippen molar-refractivity contribution in [2.24, 2.45) is 4.99 Å². The van der Waals surface area contributed by atoms with Crippen LogP contribution in [0.3, 0.4) is 0 Å².